The van der Waals surface area contributed by atoms with E-state index >= 15 is 0 Å². The van der Waals surface area contributed by atoms with Crippen LogP contribution < -0.4 is 4.57 Å². The number of nitrogens with zero attached hydrogens (tertiary/aromatic N) is 3. The Balaban J connectivity index is 2.11. The van der Waals surface area contributed by atoms with Gasteiger partial charge in [-0.15, -0.1) is 0 Å². The summed E-state index contributed by atoms with van der Waals surface area (Å²) < 4.78 is 25.9. The number of amides is 1. The lowest BCUT2D eigenvalue weighted by atomic mass is 10.2. The van der Waals surface area contributed by atoms with Crippen molar-refractivity contribution < 1.29 is 17.8 Å². The summed E-state index contributed by atoms with van der Waals surface area (Å²) in [6, 6.07) is -0.409. The number of aryl methyl sites for hydroxylation is 1. The Kier molecular flexibility index (Phi) is 2.94. The zero-order valence-corrected chi connectivity index (χ0v) is 10.7. The number of sulfone groups is 1. The summed E-state index contributed by atoms with van der Waals surface area (Å²) in [7, 11) is 0.511. The molecule has 1 amide bonds. The van der Waals surface area contributed by atoms with Gasteiger partial charge in [-0.05, 0) is 6.42 Å². The maximum Gasteiger partial charge on any atom is 0.415 e. The SMILES string of the molecule is CN(C(=O)n1cc[n+](C)c1)C1CCS(=O)(=O)C1. The molecular formula is C10H16N3O3S+. The third-order valence-electron chi connectivity index (χ3n) is 3.05. The maximum absolute atomic E-state index is 12.0. The van der Waals surface area contributed by atoms with Crippen molar-refractivity contribution in [2.75, 3.05) is 18.6 Å². The molecule has 0 radical (unpaired) electrons. The molecule has 0 bridgehead atoms. The smallest absolute Gasteiger partial charge is 0.303 e. The topological polar surface area (TPSA) is 63.3 Å². The minimum atomic E-state index is -2.96. The van der Waals surface area contributed by atoms with Gasteiger partial charge in [-0.25, -0.2) is 17.8 Å². The van der Waals surface area contributed by atoms with Crippen molar-refractivity contribution in [3.63, 3.8) is 0 Å². The van der Waals surface area contributed by atoms with Crippen LogP contribution in [-0.2, 0) is 16.9 Å². The van der Waals surface area contributed by atoms with Crippen LogP contribution >= 0.6 is 0 Å². The Bertz CT molecular complexity index is 535. The van der Waals surface area contributed by atoms with Gasteiger partial charge in [0.25, 0.3) is 6.33 Å². The Morgan fingerprint density at radius 1 is 1.53 bits per heavy atom. The molecular weight excluding hydrogens is 242 g/mol. The van der Waals surface area contributed by atoms with Crippen LogP contribution in [0.15, 0.2) is 18.7 Å². The molecule has 0 N–H and O–H groups in total. The van der Waals surface area contributed by atoms with Crippen molar-refractivity contribution in [1.82, 2.24) is 9.47 Å². The number of imidazole rings is 1. The molecule has 2 heterocycles. The first-order chi connectivity index (χ1) is 7.89. The molecule has 1 aromatic heterocycles. The van der Waals surface area contributed by atoms with Crippen molar-refractivity contribution >= 4 is 15.9 Å². The van der Waals surface area contributed by atoms with Crippen LogP contribution in [0, 0.1) is 0 Å². The third kappa shape index (κ3) is 2.49. The van der Waals surface area contributed by atoms with Gasteiger partial charge in [-0.1, -0.05) is 0 Å². The van der Waals surface area contributed by atoms with Crippen molar-refractivity contribution in [3.05, 3.63) is 18.7 Å². The second kappa shape index (κ2) is 4.14. The summed E-state index contributed by atoms with van der Waals surface area (Å²) in [6.07, 6.45) is 5.60. The van der Waals surface area contributed by atoms with E-state index in [-0.39, 0.29) is 23.6 Å². The molecule has 1 unspecified atom stereocenters. The molecule has 6 nitrogen and oxygen atoms in total. The number of hydrogen-bond acceptors (Lipinski definition) is 3. The van der Waals surface area contributed by atoms with Gasteiger partial charge in [0, 0.05) is 7.05 Å². The Morgan fingerprint density at radius 2 is 2.24 bits per heavy atom. The highest BCUT2D eigenvalue weighted by atomic mass is 32.2. The minimum Gasteiger partial charge on any atom is -0.303 e. The number of carbonyl (C=O) groups is 1. The number of rotatable bonds is 1. The maximum atomic E-state index is 12.0. The molecule has 94 valence electrons. The van der Waals surface area contributed by atoms with Crippen LogP contribution in [0.4, 0.5) is 4.79 Å². The fourth-order valence-electron chi connectivity index (χ4n) is 1.98. The molecule has 1 aromatic rings. The van der Waals surface area contributed by atoms with Gasteiger partial charge in [-0.3, -0.25) is 0 Å². The largest absolute Gasteiger partial charge is 0.415 e. The molecule has 7 heteroatoms. The molecule has 1 fully saturated rings. The van der Waals surface area contributed by atoms with Gasteiger partial charge in [0.15, 0.2) is 9.84 Å². The fraction of sp³-hybridized carbons (Fsp3) is 0.600. The second-order valence-electron chi connectivity index (χ2n) is 4.44. The summed E-state index contributed by atoms with van der Waals surface area (Å²) >= 11 is 0. The van der Waals surface area contributed by atoms with Gasteiger partial charge >= 0.3 is 6.03 Å². The molecule has 17 heavy (non-hydrogen) atoms. The normalized spacial score (nSPS) is 22.6. The first-order valence-electron chi connectivity index (χ1n) is 5.40. The number of aromatic nitrogens is 2. The van der Waals surface area contributed by atoms with E-state index in [0.29, 0.717) is 6.42 Å². The predicted octanol–water partition coefficient (Wildman–Crippen LogP) is -0.600. The number of carbonyl (C=O) groups excluding carboxylic acids is 1. The van der Waals surface area contributed by atoms with Crippen LogP contribution in [0.3, 0.4) is 0 Å². The molecule has 2 rings (SSSR count). The first-order valence-corrected chi connectivity index (χ1v) is 7.22. The zero-order valence-electron chi connectivity index (χ0n) is 9.91. The van der Waals surface area contributed by atoms with Crippen LogP contribution in [0.5, 0.6) is 0 Å². The van der Waals surface area contributed by atoms with E-state index in [4.69, 9.17) is 0 Å². The van der Waals surface area contributed by atoms with Crippen molar-refractivity contribution in [2.24, 2.45) is 7.05 Å². The van der Waals surface area contributed by atoms with E-state index in [1.807, 2.05) is 7.05 Å². The van der Waals surface area contributed by atoms with E-state index in [0.717, 1.165) is 0 Å². The van der Waals surface area contributed by atoms with E-state index < -0.39 is 9.84 Å². The van der Waals surface area contributed by atoms with Crippen molar-refractivity contribution in [3.8, 4) is 0 Å². The Morgan fingerprint density at radius 3 is 2.71 bits per heavy atom. The molecule has 1 aliphatic heterocycles. The standard InChI is InChI=1S/C10H16N3O3S/c1-11-4-5-13(8-11)10(14)12(2)9-3-6-17(15,16)7-9/h4-5,8-9H,3,6-7H2,1-2H3/q+1. The van der Waals surface area contributed by atoms with E-state index in [1.54, 1.807) is 30.3 Å². The minimum absolute atomic E-state index is 0.0721. The quantitative estimate of drug-likeness (QED) is 0.632. The zero-order chi connectivity index (χ0) is 12.6. The highest BCUT2D eigenvalue weighted by Crippen LogP contribution is 2.17. The molecule has 0 aliphatic carbocycles. The molecule has 1 saturated heterocycles. The summed E-state index contributed by atoms with van der Waals surface area (Å²) in [4.78, 5) is 13.5. The fourth-order valence-corrected chi connectivity index (χ4v) is 3.76. The highest BCUT2D eigenvalue weighted by molar-refractivity contribution is 7.91. The van der Waals surface area contributed by atoms with Crippen LogP contribution in [0.2, 0.25) is 0 Å². The van der Waals surface area contributed by atoms with Crippen LogP contribution in [-0.4, -0.2) is 48.5 Å². The van der Waals surface area contributed by atoms with Gasteiger partial charge in [0.2, 0.25) is 0 Å². The molecule has 1 atom stereocenters. The lowest BCUT2D eigenvalue weighted by molar-refractivity contribution is -0.670. The van der Waals surface area contributed by atoms with Gasteiger partial charge in [0.05, 0.1) is 24.6 Å². The summed E-state index contributed by atoms with van der Waals surface area (Å²) in [5.74, 6) is 0.247. The van der Waals surface area contributed by atoms with E-state index in [1.165, 1.54) is 9.47 Å². The molecule has 1 aliphatic rings. The van der Waals surface area contributed by atoms with Gasteiger partial charge in [0.1, 0.15) is 12.4 Å². The van der Waals surface area contributed by atoms with Crippen LogP contribution in [0.25, 0.3) is 0 Å². The summed E-state index contributed by atoms with van der Waals surface area (Å²) in [6.45, 7) is 0. The number of hydrogen-bond donors (Lipinski definition) is 0. The second-order valence-corrected chi connectivity index (χ2v) is 6.67. The Labute approximate surface area is 100 Å². The van der Waals surface area contributed by atoms with E-state index in [9.17, 15) is 13.2 Å². The summed E-state index contributed by atoms with van der Waals surface area (Å²) in [5, 5.41) is 0. The van der Waals surface area contributed by atoms with Crippen molar-refractivity contribution in [1.29, 1.82) is 0 Å². The lowest BCUT2D eigenvalue weighted by Crippen LogP contribution is -2.40. The monoisotopic (exact) mass is 258 g/mol. The van der Waals surface area contributed by atoms with Crippen LogP contribution in [0.1, 0.15) is 6.42 Å². The average molecular weight is 258 g/mol. The van der Waals surface area contributed by atoms with E-state index in [2.05, 4.69) is 0 Å². The molecule has 0 aromatic carbocycles. The van der Waals surface area contributed by atoms with Gasteiger partial charge < -0.3 is 4.90 Å². The highest BCUT2D eigenvalue weighted by Gasteiger charge is 2.34. The van der Waals surface area contributed by atoms with Crippen molar-refractivity contribution in [2.45, 2.75) is 12.5 Å². The molecule has 0 spiro atoms. The third-order valence-corrected chi connectivity index (χ3v) is 4.80. The molecule has 0 saturated carbocycles. The Hall–Kier alpha value is -1.37. The van der Waals surface area contributed by atoms with Gasteiger partial charge in [-0.2, -0.15) is 4.57 Å². The summed E-state index contributed by atoms with van der Waals surface area (Å²) in [5.41, 5.74) is 0. The average Bonchev–Trinajstić information content (AvgIpc) is 2.82. The first kappa shape index (κ1) is 12.1. The lowest BCUT2D eigenvalue weighted by Gasteiger charge is -2.20. The predicted molar refractivity (Wildman–Crippen MR) is 61.2 cm³/mol.